The summed E-state index contributed by atoms with van der Waals surface area (Å²) in [5, 5.41) is 5.71. The van der Waals surface area contributed by atoms with Gasteiger partial charge >= 0.3 is 6.03 Å². The lowest BCUT2D eigenvalue weighted by atomic mass is 9.91. The predicted octanol–water partition coefficient (Wildman–Crippen LogP) is 1.42. The molecule has 1 saturated carbocycles. The summed E-state index contributed by atoms with van der Waals surface area (Å²) in [6.45, 7) is 2.85. The average Bonchev–Trinajstić information content (AvgIpc) is 2.74. The standard InChI is InChI=1S/C21H30FN5O3/c1-2-24-21(30)27-12-4-11-26(20(29)14-5-3-6-15(22)13-14)19(27)18(28)25-17-9-7-16(23)8-10-17/h3,5-6,13,16-17,19H,2,4,7-12,23H2,1H3,(H,24,30)(H,25,28). The van der Waals surface area contributed by atoms with Crippen LogP contribution < -0.4 is 16.4 Å². The van der Waals surface area contributed by atoms with Gasteiger partial charge in [-0.2, -0.15) is 0 Å². The van der Waals surface area contributed by atoms with Crippen molar-refractivity contribution in [1.82, 2.24) is 20.4 Å². The van der Waals surface area contributed by atoms with Crippen molar-refractivity contribution >= 4 is 17.8 Å². The Balaban J connectivity index is 1.84. The predicted molar refractivity (Wildman–Crippen MR) is 110 cm³/mol. The minimum absolute atomic E-state index is 0.0403. The summed E-state index contributed by atoms with van der Waals surface area (Å²) in [6, 6.07) is 5.06. The maximum atomic E-state index is 13.7. The van der Waals surface area contributed by atoms with Gasteiger partial charge in [0.1, 0.15) is 5.82 Å². The van der Waals surface area contributed by atoms with Crippen LogP contribution in [0, 0.1) is 5.82 Å². The van der Waals surface area contributed by atoms with E-state index in [1.165, 1.54) is 28.0 Å². The molecule has 1 aromatic carbocycles. The van der Waals surface area contributed by atoms with Gasteiger partial charge < -0.3 is 21.3 Å². The highest BCUT2D eigenvalue weighted by molar-refractivity contribution is 5.98. The quantitative estimate of drug-likeness (QED) is 0.686. The third-order valence-electron chi connectivity index (χ3n) is 5.66. The van der Waals surface area contributed by atoms with Gasteiger partial charge in [-0.05, 0) is 57.2 Å². The number of carbonyl (C=O) groups is 3. The highest BCUT2D eigenvalue weighted by atomic mass is 19.1. The maximum absolute atomic E-state index is 13.7. The van der Waals surface area contributed by atoms with Crippen molar-refractivity contribution in [2.45, 2.75) is 57.3 Å². The van der Waals surface area contributed by atoms with Crippen molar-refractivity contribution < 1.29 is 18.8 Å². The second-order valence-corrected chi connectivity index (χ2v) is 7.89. The number of nitrogens with one attached hydrogen (secondary N) is 2. The molecule has 4 amide bonds. The minimum Gasteiger partial charge on any atom is -0.350 e. The van der Waals surface area contributed by atoms with Crippen LogP contribution in [0.4, 0.5) is 9.18 Å². The topological polar surface area (TPSA) is 108 Å². The van der Waals surface area contributed by atoms with Crippen molar-refractivity contribution in [2.75, 3.05) is 19.6 Å². The number of carbonyl (C=O) groups excluding carboxylic acids is 3. The van der Waals surface area contributed by atoms with E-state index in [2.05, 4.69) is 10.6 Å². The van der Waals surface area contributed by atoms with E-state index in [1.807, 2.05) is 0 Å². The zero-order valence-electron chi connectivity index (χ0n) is 17.3. The molecule has 1 aliphatic carbocycles. The summed E-state index contributed by atoms with van der Waals surface area (Å²) in [6.07, 6.45) is 2.61. The average molecular weight is 420 g/mol. The monoisotopic (exact) mass is 419 g/mol. The van der Waals surface area contributed by atoms with E-state index in [0.717, 1.165) is 31.7 Å². The van der Waals surface area contributed by atoms with E-state index in [1.54, 1.807) is 6.92 Å². The van der Waals surface area contributed by atoms with Gasteiger partial charge in [-0.1, -0.05) is 6.07 Å². The molecule has 1 aliphatic heterocycles. The molecule has 0 aromatic heterocycles. The number of nitrogens with two attached hydrogens (primary N) is 1. The molecular formula is C21H30FN5O3. The van der Waals surface area contributed by atoms with Gasteiger partial charge in [-0.25, -0.2) is 9.18 Å². The molecule has 1 unspecified atom stereocenters. The Bertz CT molecular complexity index is 782. The third-order valence-corrected chi connectivity index (χ3v) is 5.66. The van der Waals surface area contributed by atoms with Gasteiger partial charge in [0, 0.05) is 37.3 Å². The minimum atomic E-state index is -1.09. The number of amides is 4. The van der Waals surface area contributed by atoms with Crippen LogP contribution in [0.25, 0.3) is 0 Å². The van der Waals surface area contributed by atoms with Gasteiger partial charge in [0.15, 0.2) is 6.17 Å². The van der Waals surface area contributed by atoms with Crippen molar-refractivity contribution in [3.8, 4) is 0 Å². The van der Waals surface area contributed by atoms with Crippen molar-refractivity contribution in [3.63, 3.8) is 0 Å². The van der Waals surface area contributed by atoms with Crippen LogP contribution in [0.3, 0.4) is 0 Å². The highest BCUT2D eigenvalue weighted by Gasteiger charge is 2.41. The second-order valence-electron chi connectivity index (χ2n) is 7.89. The number of rotatable bonds is 4. The Hall–Kier alpha value is -2.68. The van der Waals surface area contributed by atoms with E-state index in [-0.39, 0.29) is 17.6 Å². The molecule has 1 saturated heterocycles. The summed E-state index contributed by atoms with van der Waals surface area (Å²) in [5.41, 5.74) is 6.09. The van der Waals surface area contributed by atoms with E-state index < -0.39 is 29.8 Å². The van der Waals surface area contributed by atoms with Gasteiger partial charge in [-0.15, -0.1) is 0 Å². The van der Waals surface area contributed by atoms with Gasteiger partial charge in [0.05, 0.1) is 0 Å². The molecule has 4 N–H and O–H groups in total. The normalized spacial score (nSPS) is 24.3. The fraction of sp³-hybridized carbons (Fsp3) is 0.571. The van der Waals surface area contributed by atoms with E-state index in [4.69, 9.17) is 5.73 Å². The van der Waals surface area contributed by atoms with Crippen molar-refractivity contribution in [3.05, 3.63) is 35.6 Å². The van der Waals surface area contributed by atoms with Gasteiger partial charge in [0.25, 0.3) is 11.8 Å². The molecule has 2 fully saturated rings. The van der Waals surface area contributed by atoms with Crippen LogP contribution in [-0.2, 0) is 4.79 Å². The number of halogens is 1. The highest BCUT2D eigenvalue weighted by Crippen LogP contribution is 2.21. The summed E-state index contributed by atoms with van der Waals surface area (Å²) >= 11 is 0. The Labute approximate surface area is 176 Å². The summed E-state index contributed by atoms with van der Waals surface area (Å²) in [5.74, 6) is -1.40. The van der Waals surface area contributed by atoms with Crippen molar-refractivity contribution in [2.24, 2.45) is 5.73 Å². The van der Waals surface area contributed by atoms with E-state index >= 15 is 0 Å². The molecule has 164 valence electrons. The first-order chi connectivity index (χ1) is 14.4. The Kier molecular flexibility index (Phi) is 7.25. The molecular weight excluding hydrogens is 389 g/mol. The summed E-state index contributed by atoms with van der Waals surface area (Å²) in [4.78, 5) is 41.7. The second kappa shape index (κ2) is 9.88. The van der Waals surface area contributed by atoms with Crippen LogP contribution in [0.1, 0.15) is 49.4 Å². The largest absolute Gasteiger partial charge is 0.350 e. The lowest BCUT2D eigenvalue weighted by Gasteiger charge is -2.43. The number of benzene rings is 1. The molecule has 8 nitrogen and oxygen atoms in total. The lowest BCUT2D eigenvalue weighted by molar-refractivity contribution is -0.133. The Morgan fingerprint density at radius 3 is 2.50 bits per heavy atom. The zero-order chi connectivity index (χ0) is 21.7. The van der Waals surface area contributed by atoms with E-state index in [0.29, 0.717) is 26.1 Å². The number of urea groups is 1. The molecule has 0 bridgehead atoms. The van der Waals surface area contributed by atoms with Gasteiger partial charge in [0.2, 0.25) is 0 Å². The van der Waals surface area contributed by atoms with Crippen LogP contribution in [0.15, 0.2) is 24.3 Å². The first kappa shape index (κ1) is 22.0. The first-order valence-corrected chi connectivity index (χ1v) is 10.6. The molecule has 0 spiro atoms. The fourth-order valence-electron chi connectivity index (χ4n) is 4.11. The summed E-state index contributed by atoms with van der Waals surface area (Å²) in [7, 11) is 0. The van der Waals surface area contributed by atoms with Crippen LogP contribution >= 0.6 is 0 Å². The Morgan fingerprint density at radius 1 is 1.13 bits per heavy atom. The van der Waals surface area contributed by atoms with Crippen LogP contribution in [0.2, 0.25) is 0 Å². The number of hydrogen-bond acceptors (Lipinski definition) is 4. The molecule has 30 heavy (non-hydrogen) atoms. The number of hydrogen-bond donors (Lipinski definition) is 3. The van der Waals surface area contributed by atoms with Crippen molar-refractivity contribution in [1.29, 1.82) is 0 Å². The zero-order valence-corrected chi connectivity index (χ0v) is 17.3. The third kappa shape index (κ3) is 5.08. The first-order valence-electron chi connectivity index (χ1n) is 10.6. The van der Waals surface area contributed by atoms with E-state index in [9.17, 15) is 18.8 Å². The van der Waals surface area contributed by atoms with Crippen LogP contribution in [0.5, 0.6) is 0 Å². The molecule has 1 atom stereocenters. The number of nitrogens with zero attached hydrogens (tertiary/aromatic N) is 2. The smallest absolute Gasteiger partial charge is 0.319 e. The molecule has 1 heterocycles. The van der Waals surface area contributed by atoms with Gasteiger partial charge in [-0.3, -0.25) is 14.5 Å². The van der Waals surface area contributed by atoms with Crippen LogP contribution in [-0.4, -0.2) is 65.5 Å². The lowest BCUT2D eigenvalue weighted by Crippen LogP contribution is -2.65. The molecule has 2 aliphatic rings. The molecule has 9 heteroatoms. The Morgan fingerprint density at radius 2 is 1.83 bits per heavy atom. The molecule has 1 aromatic rings. The maximum Gasteiger partial charge on any atom is 0.319 e. The molecule has 3 rings (SSSR count). The summed E-state index contributed by atoms with van der Waals surface area (Å²) < 4.78 is 13.7. The fourth-order valence-corrected chi connectivity index (χ4v) is 4.11. The molecule has 0 radical (unpaired) electrons. The SMILES string of the molecule is CCNC(=O)N1CCCN(C(=O)c2cccc(F)c2)C1C(=O)NC1CCC(N)CC1.